The lowest BCUT2D eigenvalue weighted by atomic mass is 9.85. The highest BCUT2D eigenvalue weighted by Gasteiger charge is 2.60. The highest BCUT2D eigenvalue weighted by atomic mass is 35.5. The zero-order valence-electron chi connectivity index (χ0n) is 21.7. The quantitative estimate of drug-likeness (QED) is 0.448. The number of rotatable bonds is 3. The molecule has 1 fully saturated rings. The molecule has 0 unspecified atom stereocenters. The largest absolute Gasteiger partial charge is 0.481 e. The maximum Gasteiger partial charge on any atom is 0.310 e. The van der Waals surface area contributed by atoms with E-state index in [0.717, 1.165) is 43.2 Å². The van der Waals surface area contributed by atoms with Crippen LogP contribution in [-0.2, 0) is 27.3 Å². The Morgan fingerprint density at radius 1 is 1.08 bits per heavy atom. The normalized spacial score (nSPS) is 28.7. The second-order valence-corrected chi connectivity index (χ2v) is 11.5. The second-order valence-electron chi connectivity index (χ2n) is 11.1. The molecule has 3 aliphatic rings. The van der Waals surface area contributed by atoms with Gasteiger partial charge in [0.1, 0.15) is 11.5 Å². The summed E-state index contributed by atoms with van der Waals surface area (Å²) in [5.74, 6) is -0.225. The fourth-order valence-electron chi connectivity index (χ4n) is 5.90. The number of benzene rings is 2. The van der Waals surface area contributed by atoms with Gasteiger partial charge >= 0.3 is 5.97 Å². The predicted octanol–water partition coefficient (Wildman–Crippen LogP) is 6.59. The lowest BCUT2D eigenvalue weighted by Crippen LogP contribution is -2.51. The summed E-state index contributed by atoms with van der Waals surface area (Å²) in [5.41, 5.74) is 0.853. The maximum atomic E-state index is 13.8. The molecule has 4 atom stereocenters. The van der Waals surface area contributed by atoms with Crippen molar-refractivity contribution in [1.29, 1.82) is 0 Å². The highest BCUT2D eigenvalue weighted by molar-refractivity contribution is 6.30. The van der Waals surface area contributed by atoms with Crippen LogP contribution in [0.2, 0.25) is 5.02 Å². The highest BCUT2D eigenvalue weighted by Crippen LogP contribution is 2.57. The van der Waals surface area contributed by atoms with E-state index in [1.807, 2.05) is 43.3 Å². The molecule has 0 bridgehead atoms. The van der Waals surface area contributed by atoms with Crippen molar-refractivity contribution in [2.75, 3.05) is 0 Å². The number of fused-ring (bicyclic) bond motifs is 3. The second kappa shape index (κ2) is 10.9. The van der Waals surface area contributed by atoms with Crippen molar-refractivity contribution in [3.05, 3.63) is 70.8 Å². The van der Waals surface area contributed by atoms with E-state index in [0.29, 0.717) is 35.9 Å². The van der Waals surface area contributed by atoms with Gasteiger partial charge < -0.3 is 14.7 Å². The topological polar surface area (TPSA) is 83.9 Å². The van der Waals surface area contributed by atoms with Crippen LogP contribution in [0.5, 0.6) is 11.5 Å². The molecule has 2 heterocycles. The smallest absolute Gasteiger partial charge is 0.310 e. The van der Waals surface area contributed by atoms with E-state index in [-0.39, 0.29) is 29.9 Å². The number of nitrogens with zero attached hydrogens (tertiary/aromatic N) is 1. The van der Waals surface area contributed by atoms with E-state index >= 15 is 0 Å². The van der Waals surface area contributed by atoms with Gasteiger partial charge in [-0.25, -0.2) is 0 Å². The lowest BCUT2D eigenvalue weighted by Gasteiger charge is -2.38. The summed E-state index contributed by atoms with van der Waals surface area (Å²) in [6, 6.07) is 12.2. The van der Waals surface area contributed by atoms with Crippen molar-refractivity contribution in [3.8, 4) is 11.5 Å². The zero-order valence-corrected chi connectivity index (χ0v) is 22.5. The number of Topliss-reactive ketones (excluding diaryl/α,β-unsaturated/α-hetero) is 1. The van der Waals surface area contributed by atoms with Gasteiger partial charge in [0.05, 0.1) is 11.5 Å². The lowest BCUT2D eigenvalue weighted by molar-refractivity contribution is -0.148. The summed E-state index contributed by atoms with van der Waals surface area (Å²) < 4.78 is 6.01. The van der Waals surface area contributed by atoms with Crippen molar-refractivity contribution in [2.24, 2.45) is 17.3 Å². The number of allylic oxidation sites excluding steroid dienone is 2. The third-order valence-electron chi connectivity index (χ3n) is 8.34. The van der Waals surface area contributed by atoms with Gasteiger partial charge in [-0.2, -0.15) is 0 Å². The SMILES string of the molecule is C[C@H]1CCCCC/C=C\[C@H]2C[C@@]2(C(=O)O)CC(=O)[C@@H]2Cc3cc(Oc4cccc(Cl)c4)ccc3CN2C1=O. The van der Waals surface area contributed by atoms with Gasteiger partial charge in [-0.05, 0) is 73.1 Å². The molecule has 2 aromatic rings. The Bertz CT molecular complexity index is 1270. The number of hydrogen-bond donors (Lipinski definition) is 1. The number of aliphatic carboxylic acids is 1. The number of carboxylic acid groups (broad SMARTS) is 1. The Morgan fingerprint density at radius 2 is 1.89 bits per heavy atom. The zero-order chi connectivity index (χ0) is 26.9. The van der Waals surface area contributed by atoms with Crippen LogP contribution in [0.1, 0.15) is 63.0 Å². The number of carbonyl (C=O) groups excluding carboxylic acids is 2. The molecule has 1 amide bonds. The number of halogens is 1. The summed E-state index contributed by atoms with van der Waals surface area (Å²) in [6.07, 6.45) is 9.48. The third-order valence-corrected chi connectivity index (χ3v) is 8.58. The van der Waals surface area contributed by atoms with Gasteiger partial charge in [-0.1, -0.05) is 55.7 Å². The minimum absolute atomic E-state index is 0.0297. The van der Waals surface area contributed by atoms with E-state index in [1.54, 1.807) is 17.0 Å². The average Bonchev–Trinajstić information content (AvgIpc) is 3.59. The molecule has 1 saturated carbocycles. The number of carboxylic acids is 1. The fourth-order valence-corrected chi connectivity index (χ4v) is 6.08. The molecular formula is C31H34ClNO5. The number of amides is 1. The van der Waals surface area contributed by atoms with Crippen molar-refractivity contribution < 1.29 is 24.2 Å². The number of carbonyl (C=O) groups is 3. The summed E-state index contributed by atoms with van der Waals surface area (Å²) in [5, 5.41) is 10.6. The van der Waals surface area contributed by atoms with Crippen molar-refractivity contribution in [3.63, 3.8) is 0 Å². The molecule has 2 aliphatic heterocycles. The summed E-state index contributed by atoms with van der Waals surface area (Å²) >= 11 is 6.10. The van der Waals surface area contributed by atoms with Gasteiger partial charge in [-0.3, -0.25) is 14.4 Å². The van der Waals surface area contributed by atoms with Gasteiger partial charge in [0.15, 0.2) is 5.78 Å². The molecule has 1 aliphatic carbocycles. The van der Waals surface area contributed by atoms with Gasteiger partial charge in [0.25, 0.3) is 0 Å². The molecule has 7 heteroatoms. The minimum Gasteiger partial charge on any atom is -0.481 e. The summed E-state index contributed by atoms with van der Waals surface area (Å²) in [6.45, 7) is 2.27. The van der Waals surface area contributed by atoms with Gasteiger partial charge in [-0.15, -0.1) is 0 Å². The predicted molar refractivity (Wildman–Crippen MR) is 145 cm³/mol. The third kappa shape index (κ3) is 5.51. The molecule has 0 saturated heterocycles. The van der Waals surface area contributed by atoms with Crippen LogP contribution < -0.4 is 4.74 Å². The maximum absolute atomic E-state index is 13.8. The van der Waals surface area contributed by atoms with Crippen LogP contribution >= 0.6 is 11.6 Å². The molecule has 5 rings (SSSR count). The molecule has 1 N–H and O–H groups in total. The van der Waals surface area contributed by atoms with E-state index in [9.17, 15) is 19.5 Å². The van der Waals surface area contributed by atoms with E-state index in [1.165, 1.54) is 0 Å². The van der Waals surface area contributed by atoms with Crippen molar-refractivity contribution in [1.82, 2.24) is 4.90 Å². The van der Waals surface area contributed by atoms with Crippen LogP contribution in [0.15, 0.2) is 54.6 Å². The first-order valence-corrected chi connectivity index (χ1v) is 13.9. The molecule has 200 valence electrons. The first kappa shape index (κ1) is 26.5. The fraction of sp³-hybridized carbons (Fsp3) is 0.452. The average molecular weight is 536 g/mol. The first-order chi connectivity index (χ1) is 18.3. The van der Waals surface area contributed by atoms with Crippen LogP contribution in [0.4, 0.5) is 0 Å². The molecule has 6 nitrogen and oxygen atoms in total. The Morgan fingerprint density at radius 3 is 2.68 bits per heavy atom. The number of ether oxygens (including phenoxy) is 1. The van der Waals surface area contributed by atoms with E-state index < -0.39 is 17.4 Å². The molecule has 2 aromatic carbocycles. The van der Waals surface area contributed by atoms with Crippen LogP contribution in [-0.4, -0.2) is 33.7 Å². The Hall–Kier alpha value is -3.12. The van der Waals surface area contributed by atoms with E-state index in [2.05, 4.69) is 6.08 Å². The van der Waals surface area contributed by atoms with Crippen molar-refractivity contribution >= 4 is 29.3 Å². The van der Waals surface area contributed by atoms with Crippen LogP contribution in [0.25, 0.3) is 0 Å². The van der Waals surface area contributed by atoms with Crippen LogP contribution in [0.3, 0.4) is 0 Å². The Labute approximate surface area is 228 Å². The van der Waals surface area contributed by atoms with E-state index in [4.69, 9.17) is 16.3 Å². The summed E-state index contributed by atoms with van der Waals surface area (Å²) in [7, 11) is 0. The molecule has 0 spiro atoms. The molecule has 0 radical (unpaired) electrons. The minimum atomic E-state index is -1.06. The first-order valence-electron chi connectivity index (χ1n) is 13.6. The number of ketones is 1. The Kier molecular flexibility index (Phi) is 7.62. The standard InChI is InChI=1S/C31H34ClNO5/c1-20-8-5-3-2-4-6-9-23-17-31(23,30(36)37)18-28(34)27-15-22-14-26(38-25-11-7-10-24(32)16-25)13-12-21(22)19-33(27)29(20)35/h6-7,9-14,16,20,23,27H,2-5,8,15,17-19H2,1H3,(H,36,37)/b9-6-/t20-,23-,27-,31+/m0/s1. The monoisotopic (exact) mass is 535 g/mol. The number of hydrogen-bond acceptors (Lipinski definition) is 4. The molecule has 0 aromatic heterocycles. The Balaban J connectivity index is 1.44. The molecular weight excluding hydrogens is 502 g/mol. The molecule has 38 heavy (non-hydrogen) atoms. The van der Waals surface area contributed by atoms with Gasteiger partial charge in [0, 0.05) is 30.3 Å². The summed E-state index contributed by atoms with van der Waals surface area (Å²) in [4.78, 5) is 41.4. The van der Waals surface area contributed by atoms with Crippen molar-refractivity contribution in [2.45, 2.75) is 70.9 Å². The van der Waals surface area contributed by atoms with Crippen LogP contribution in [0, 0.1) is 17.3 Å². The van der Waals surface area contributed by atoms with Gasteiger partial charge in [0.2, 0.25) is 5.91 Å².